The zero-order chi connectivity index (χ0) is 23.1. The number of halogens is 4. The van der Waals surface area contributed by atoms with Crippen molar-refractivity contribution in [2.24, 2.45) is 0 Å². The fourth-order valence-corrected chi connectivity index (χ4v) is 4.18. The largest absolute Gasteiger partial charge is 0.419 e. The van der Waals surface area contributed by atoms with Gasteiger partial charge in [0.1, 0.15) is 11.4 Å². The summed E-state index contributed by atoms with van der Waals surface area (Å²) in [5.41, 5.74) is -1.11. The number of pyridine rings is 2. The van der Waals surface area contributed by atoms with E-state index >= 15 is 0 Å². The Morgan fingerprint density at radius 3 is 2.56 bits per heavy atom. The van der Waals surface area contributed by atoms with Gasteiger partial charge < -0.3 is 15.5 Å². The van der Waals surface area contributed by atoms with Gasteiger partial charge in [0.15, 0.2) is 0 Å². The third kappa shape index (κ3) is 4.27. The van der Waals surface area contributed by atoms with Crippen molar-refractivity contribution in [1.29, 1.82) is 0 Å². The fourth-order valence-electron chi connectivity index (χ4n) is 4.18. The summed E-state index contributed by atoms with van der Waals surface area (Å²) in [7, 11) is 0. The molecule has 1 aromatic carbocycles. The van der Waals surface area contributed by atoms with Gasteiger partial charge in [-0.1, -0.05) is 12.1 Å². The van der Waals surface area contributed by atoms with Crippen LogP contribution in [-0.4, -0.2) is 26.3 Å². The zero-order valence-electron chi connectivity index (χ0n) is 17.3. The molecule has 9 heteroatoms. The standard InChI is InChI=1S/C23H23F4N3O2/c1-13(15-3-2-4-17(21(15)24)23(25,26)27)30-18-7-10-28-19-12-29-20(11-16(18)19)22(32)8-5-14(31)6-9-22/h2-4,7,10-14,31-32H,5-6,8-9H2,1H3,(H,28,30)/t13-,14?,22?/m1/s1. The van der Waals surface area contributed by atoms with Crippen molar-refractivity contribution in [2.75, 3.05) is 5.32 Å². The Morgan fingerprint density at radius 1 is 1.16 bits per heavy atom. The van der Waals surface area contributed by atoms with Crippen LogP contribution in [0.5, 0.6) is 0 Å². The quantitative estimate of drug-likeness (QED) is 0.484. The lowest BCUT2D eigenvalue weighted by molar-refractivity contribution is -0.140. The lowest BCUT2D eigenvalue weighted by atomic mass is 9.80. The van der Waals surface area contributed by atoms with Crippen molar-refractivity contribution < 1.29 is 27.8 Å². The Labute approximate surface area is 182 Å². The van der Waals surface area contributed by atoms with Gasteiger partial charge in [-0.05, 0) is 50.8 Å². The van der Waals surface area contributed by atoms with E-state index in [0.29, 0.717) is 54.0 Å². The van der Waals surface area contributed by atoms with E-state index in [2.05, 4.69) is 15.3 Å². The first kappa shape index (κ1) is 22.4. The van der Waals surface area contributed by atoms with Gasteiger partial charge in [-0.15, -0.1) is 0 Å². The molecular formula is C23H23F4N3O2. The molecule has 1 aliphatic rings. The topological polar surface area (TPSA) is 78.3 Å². The van der Waals surface area contributed by atoms with Gasteiger partial charge in [0, 0.05) is 22.8 Å². The third-order valence-electron chi connectivity index (χ3n) is 6.06. The summed E-state index contributed by atoms with van der Waals surface area (Å²) >= 11 is 0. The number of aromatic nitrogens is 2. The molecule has 0 radical (unpaired) electrons. The predicted octanol–water partition coefficient (Wildman–Crippen LogP) is 5.08. The summed E-state index contributed by atoms with van der Waals surface area (Å²) in [6.07, 6.45) is -0.546. The van der Waals surface area contributed by atoms with Gasteiger partial charge in [0.05, 0.1) is 35.1 Å². The molecule has 1 atom stereocenters. The minimum absolute atomic E-state index is 0.112. The van der Waals surface area contributed by atoms with Crippen LogP contribution in [0, 0.1) is 5.82 Å². The Morgan fingerprint density at radius 2 is 1.88 bits per heavy atom. The maximum absolute atomic E-state index is 14.6. The summed E-state index contributed by atoms with van der Waals surface area (Å²) < 4.78 is 53.9. The lowest BCUT2D eigenvalue weighted by Gasteiger charge is -2.34. The van der Waals surface area contributed by atoms with Gasteiger partial charge in [0.2, 0.25) is 0 Å². The second-order valence-corrected chi connectivity index (χ2v) is 8.28. The van der Waals surface area contributed by atoms with Crippen LogP contribution < -0.4 is 5.32 Å². The van der Waals surface area contributed by atoms with Crippen LogP contribution in [0.15, 0.2) is 42.7 Å². The average molecular weight is 449 g/mol. The highest BCUT2D eigenvalue weighted by molar-refractivity contribution is 5.91. The molecule has 1 saturated carbocycles. The van der Waals surface area contributed by atoms with Gasteiger partial charge in [-0.2, -0.15) is 13.2 Å². The molecule has 32 heavy (non-hydrogen) atoms. The van der Waals surface area contributed by atoms with Crippen LogP contribution in [0.3, 0.4) is 0 Å². The van der Waals surface area contributed by atoms with E-state index in [1.807, 2.05) is 0 Å². The number of nitrogens with zero attached hydrogens (tertiary/aromatic N) is 2. The molecule has 2 heterocycles. The summed E-state index contributed by atoms with van der Waals surface area (Å²) in [6.45, 7) is 1.57. The third-order valence-corrected chi connectivity index (χ3v) is 6.06. The van der Waals surface area contributed by atoms with Crippen LogP contribution in [0.1, 0.15) is 55.5 Å². The Balaban J connectivity index is 1.68. The minimum Gasteiger partial charge on any atom is -0.393 e. The number of alkyl halides is 3. The van der Waals surface area contributed by atoms with Crippen molar-refractivity contribution in [3.63, 3.8) is 0 Å². The fraction of sp³-hybridized carbons (Fsp3) is 0.391. The molecule has 3 N–H and O–H groups in total. The van der Waals surface area contributed by atoms with Crippen LogP contribution in [0.25, 0.3) is 10.9 Å². The van der Waals surface area contributed by atoms with E-state index in [1.54, 1.807) is 19.1 Å². The normalized spacial score (nSPS) is 22.7. The van der Waals surface area contributed by atoms with Crippen LogP contribution >= 0.6 is 0 Å². The molecule has 0 aliphatic heterocycles. The summed E-state index contributed by atoms with van der Waals surface area (Å²) in [6, 6.07) is 5.77. The van der Waals surface area contributed by atoms with Gasteiger partial charge >= 0.3 is 6.18 Å². The van der Waals surface area contributed by atoms with Crippen molar-refractivity contribution in [3.8, 4) is 0 Å². The summed E-state index contributed by atoms with van der Waals surface area (Å²) in [5, 5.41) is 24.5. The number of benzene rings is 1. The number of aliphatic hydroxyl groups excluding tert-OH is 1. The number of hydrogen-bond acceptors (Lipinski definition) is 5. The first-order chi connectivity index (χ1) is 15.1. The number of aliphatic hydroxyl groups is 2. The Kier molecular flexibility index (Phi) is 5.81. The van der Waals surface area contributed by atoms with E-state index in [4.69, 9.17) is 0 Å². The molecule has 170 valence electrons. The number of nitrogens with one attached hydrogen (secondary N) is 1. The van der Waals surface area contributed by atoms with Gasteiger partial charge in [-0.3, -0.25) is 9.97 Å². The van der Waals surface area contributed by atoms with E-state index in [0.717, 1.165) is 0 Å². The van der Waals surface area contributed by atoms with Crippen LogP contribution in [-0.2, 0) is 11.8 Å². The molecule has 0 spiro atoms. The summed E-state index contributed by atoms with van der Waals surface area (Å²) in [4.78, 5) is 8.61. The molecule has 0 unspecified atom stereocenters. The first-order valence-corrected chi connectivity index (χ1v) is 10.4. The monoisotopic (exact) mass is 449 g/mol. The maximum atomic E-state index is 14.6. The van der Waals surface area contributed by atoms with Gasteiger partial charge in [-0.25, -0.2) is 4.39 Å². The highest BCUT2D eigenvalue weighted by Gasteiger charge is 2.36. The van der Waals surface area contributed by atoms with E-state index < -0.39 is 35.3 Å². The van der Waals surface area contributed by atoms with Crippen molar-refractivity contribution in [3.05, 3.63) is 65.4 Å². The Hall–Kier alpha value is -2.78. The molecule has 0 saturated heterocycles. The minimum atomic E-state index is -4.78. The number of rotatable bonds is 4. The van der Waals surface area contributed by atoms with Gasteiger partial charge in [0.25, 0.3) is 0 Å². The van der Waals surface area contributed by atoms with Crippen LogP contribution in [0.2, 0.25) is 0 Å². The molecule has 1 aliphatic carbocycles. The molecule has 1 fully saturated rings. The van der Waals surface area contributed by atoms with Crippen molar-refractivity contribution in [2.45, 2.75) is 56.5 Å². The average Bonchev–Trinajstić information content (AvgIpc) is 2.75. The van der Waals surface area contributed by atoms with Crippen LogP contribution in [0.4, 0.5) is 23.2 Å². The number of hydrogen-bond donors (Lipinski definition) is 3. The van der Waals surface area contributed by atoms with E-state index in [-0.39, 0.29) is 5.56 Å². The second-order valence-electron chi connectivity index (χ2n) is 8.28. The Bertz CT molecular complexity index is 1130. The predicted molar refractivity (Wildman–Crippen MR) is 111 cm³/mol. The zero-order valence-corrected chi connectivity index (χ0v) is 17.3. The van der Waals surface area contributed by atoms with Crippen molar-refractivity contribution >= 4 is 16.6 Å². The second kappa shape index (κ2) is 8.29. The smallest absolute Gasteiger partial charge is 0.393 e. The maximum Gasteiger partial charge on any atom is 0.419 e. The molecule has 0 amide bonds. The lowest BCUT2D eigenvalue weighted by Crippen LogP contribution is -2.34. The molecule has 5 nitrogen and oxygen atoms in total. The van der Waals surface area contributed by atoms with Crippen molar-refractivity contribution in [1.82, 2.24) is 9.97 Å². The highest BCUT2D eigenvalue weighted by atomic mass is 19.4. The SMILES string of the molecule is C[C@@H](Nc1ccnc2cnc(C3(O)CCC(O)CC3)cc12)c1cccc(C(F)(F)F)c1F. The molecule has 3 aromatic rings. The first-order valence-electron chi connectivity index (χ1n) is 10.4. The number of fused-ring (bicyclic) bond motifs is 1. The van der Waals surface area contributed by atoms with E-state index in [9.17, 15) is 27.8 Å². The van der Waals surface area contributed by atoms with E-state index in [1.165, 1.54) is 24.5 Å². The molecular weight excluding hydrogens is 426 g/mol. The summed E-state index contributed by atoms with van der Waals surface area (Å²) in [5.74, 6) is -1.31. The molecule has 0 bridgehead atoms. The number of anilines is 1. The molecule has 2 aromatic heterocycles. The molecule has 4 rings (SSSR count). The highest BCUT2D eigenvalue weighted by Crippen LogP contribution is 2.38.